The van der Waals surface area contributed by atoms with E-state index in [9.17, 15) is 5.11 Å². The molecular formula is C10H19BO2. The van der Waals surface area contributed by atoms with Crippen LogP contribution in [0.4, 0.5) is 0 Å². The first-order valence-corrected chi connectivity index (χ1v) is 5.57. The minimum Gasteiger partial charge on any atom is -0.366 e. The smallest absolute Gasteiger partial charge is 0.161 e. The van der Waals surface area contributed by atoms with Crippen LogP contribution in [-0.4, -0.2) is 24.8 Å². The van der Waals surface area contributed by atoms with E-state index >= 15 is 0 Å². The van der Waals surface area contributed by atoms with Crippen LogP contribution in [0.3, 0.4) is 0 Å². The molecule has 1 saturated carbocycles. The first-order valence-electron chi connectivity index (χ1n) is 5.57. The van der Waals surface area contributed by atoms with Gasteiger partial charge in [0.2, 0.25) is 0 Å². The Labute approximate surface area is 80.9 Å². The molecule has 3 unspecified atom stereocenters. The predicted octanol–water partition coefficient (Wildman–Crippen LogP) is 1.70. The molecule has 13 heavy (non-hydrogen) atoms. The van der Waals surface area contributed by atoms with Crippen LogP contribution in [0.2, 0.25) is 11.6 Å². The standard InChI is InChI=1S/C10H19BO2/c1-8-5-7-13-10(12)6-3-2-4-9(10)11-8/h8-9,11-12H,2-7H2,1H3. The maximum atomic E-state index is 10.3. The summed E-state index contributed by atoms with van der Waals surface area (Å²) >= 11 is 0. The summed E-state index contributed by atoms with van der Waals surface area (Å²) in [7, 11) is 1.15. The second-order valence-corrected chi connectivity index (χ2v) is 4.77. The molecule has 3 atom stereocenters. The highest BCUT2D eigenvalue weighted by molar-refractivity contribution is 6.40. The number of ether oxygens (including phenoxy) is 1. The lowest BCUT2D eigenvalue weighted by Crippen LogP contribution is -2.41. The minimum atomic E-state index is -0.761. The maximum Gasteiger partial charge on any atom is 0.161 e. The number of hydrogen-bond donors (Lipinski definition) is 1. The van der Waals surface area contributed by atoms with Gasteiger partial charge >= 0.3 is 0 Å². The summed E-state index contributed by atoms with van der Waals surface area (Å²) in [6, 6.07) is 0. The molecule has 2 fully saturated rings. The Balaban J connectivity index is 2.09. The molecule has 1 aliphatic carbocycles. The molecule has 2 nitrogen and oxygen atoms in total. The highest BCUT2D eigenvalue weighted by Gasteiger charge is 2.42. The van der Waals surface area contributed by atoms with Crippen molar-refractivity contribution in [1.82, 2.24) is 0 Å². The number of hydrogen-bond acceptors (Lipinski definition) is 2. The lowest BCUT2D eigenvalue weighted by Gasteiger charge is -2.38. The Morgan fingerprint density at radius 2 is 2.23 bits per heavy atom. The van der Waals surface area contributed by atoms with Gasteiger partial charge < -0.3 is 9.84 Å². The summed E-state index contributed by atoms with van der Waals surface area (Å²) < 4.78 is 5.62. The second-order valence-electron chi connectivity index (χ2n) is 4.77. The fourth-order valence-electron chi connectivity index (χ4n) is 2.73. The van der Waals surface area contributed by atoms with Gasteiger partial charge in [0.15, 0.2) is 5.79 Å². The van der Waals surface area contributed by atoms with Crippen molar-refractivity contribution in [2.75, 3.05) is 6.61 Å². The van der Waals surface area contributed by atoms with Gasteiger partial charge in [-0.3, -0.25) is 0 Å². The molecule has 0 bridgehead atoms. The Morgan fingerprint density at radius 3 is 3.08 bits per heavy atom. The molecule has 1 saturated heterocycles. The zero-order valence-corrected chi connectivity index (χ0v) is 8.46. The molecule has 0 radical (unpaired) electrons. The molecule has 2 rings (SSSR count). The quantitative estimate of drug-likeness (QED) is 0.577. The molecule has 0 aromatic carbocycles. The van der Waals surface area contributed by atoms with Crippen molar-refractivity contribution in [3.63, 3.8) is 0 Å². The number of aliphatic hydroxyl groups is 1. The predicted molar refractivity (Wildman–Crippen MR) is 54.3 cm³/mol. The van der Waals surface area contributed by atoms with Crippen LogP contribution in [-0.2, 0) is 4.74 Å². The highest BCUT2D eigenvalue weighted by atomic mass is 16.6. The molecule has 74 valence electrons. The summed E-state index contributed by atoms with van der Waals surface area (Å²) in [5.41, 5.74) is 0. The van der Waals surface area contributed by atoms with Crippen LogP contribution in [0, 0.1) is 0 Å². The van der Waals surface area contributed by atoms with Gasteiger partial charge in [-0.2, -0.15) is 0 Å². The average molecular weight is 182 g/mol. The van der Waals surface area contributed by atoms with Gasteiger partial charge in [-0.25, -0.2) is 0 Å². The van der Waals surface area contributed by atoms with Crippen molar-refractivity contribution in [3.05, 3.63) is 0 Å². The van der Waals surface area contributed by atoms with Crippen molar-refractivity contribution in [2.24, 2.45) is 0 Å². The Hall–Kier alpha value is -0.0151. The number of fused-ring (bicyclic) bond motifs is 1. The van der Waals surface area contributed by atoms with Gasteiger partial charge in [-0.05, 0) is 18.7 Å². The average Bonchev–Trinajstić information content (AvgIpc) is 2.23. The third-order valence-electron chi connectivity index (χ3n) is 3.63. The summed E-state index contributed by atoms with van der Waals surface area (Å²) in [6.45, 7) is 3.01. The molecule has 0 aromatic heterocycles. The summed E-state index contributed by atoms with van der Waals surface area (Å²) in [6.07, 6.45) is 5.51. The van der Waals surface area contributed by atoms with Crippen LogP contribution in [0.1, 0.15) is 39.0 Å². The summed E-state index contributed by atoms with van der Waals surface area (Å²) in [5, 5.41) is 10.3. The third-order valence-corrected chi connectivity index (χ3v) is 3.63. The molecule has 3 heteroatoms. The van der Waals surface area contributed by atoms with Crippen LogP contribution in [0.5, 0.6) is 0 Å². The summed E-state index contributed by atoms with van der Waals surface area (Å²) in [5.74, 6) is 0.360. The van der Waals surface area contributed by atoms with Crippen molar-refractivity contribution in [3.8, 4) is 0 Å². The van der Waals surface area contributed by atoms with Gasteiger partial charge in [0.25, 0.3) is 0 Å². The molecule has 0 amide bonds. The zero-order chi connectivity index (χ0) is 9.31. The van der Waals surface area contributed by atoms with Gasteiger partial charge in [0.05, 0.1) is 0 Å². The van der Waals surface area contributed by atoms with Crippen LogP contribution in [0.15, 0.2) is 0 Å². The van der Waals surface area contributed by atoms with E-state index in [0.717, 1.165) is 45.4 Å². The Kier molecular flexibility index (Phi) is 2.66. The van der Waals surface area contributed by atoms with Gasteiger partial charge in [-0.1, -0.05) is 25.6 Å². The molecule has 1 heterocycles. The zero-order valence-electron chi connectivity index (χ0n) is 8.46. The minimum absolute atomic E-state index is 0.402. The number of rotatable bonds is 0. The second kappa shape index (κ2) is 3.62. The highest BCUT2D eigenvalue weighted by Crippen LogP contribution is 2.42. The van der Waals surface area contributed by atoms with Crippen molar-refractivity contribution in [2.45, 2.75) is 56.4 Å². The van der Waals surface area contributed by atoms with Crippen LogP contribution >= 0.6 is 0 Å². The fourth-order valence-corrected chi connectivity index (χ4v) is 2.73. The van der Waals surface area contributed by atoms with Gasteiger partial charge in [-0.15, -0.1) is 0 Å². The fraction of sp³-hybridized carbons (Fsp3) is 1.00. The van der Waals surface area contributed by atoms with E-state index in [1.807, 2.05) is 0 Å². The largest absolute Gasteiger partial charge is 0.366 e. The van der Waals surface area contributed by atoms with E-state index in [4.69, 9.17) is 4.74 Å². The van der Waals surface area contributed by atoms with Crippen LogP contribution < -0.4 is 0 Å². The van der Waals surface area contributed by atoms with Crippen molar-refractivity contribution < 1.29 is 9.84 Å². The van der Waals surface area contributed by atoms with Crippen molar-refractivity contribution >= 4 is 7.28 Å². The lowest BCUT2D eigenvalue weighted by molar-refractivity contribution is -0.217. The van der Waals surface area contributed by atoms with E-state index in [1.165, 1.54) is 6.42 Å². The summed E-state index contributed by atoms with van der Waals surface area (Å²) in [4.78, 5) is 0. The topological polar surface area (TPSA) is 29.5 Å². The Morgan fingerprint density at radius 1 is 1.38 bits per heavy atom. The van der Waals surface area contributed by atoms with E-state index in [-0.39, 0.29) is 0 Å². The van der Waals surface area contributed by atoms with Gasteiger partial charge in [0.1, 0.15) is 7.28 Å². The molecule has 1 N–H and O–H groups in total. The first kappa shape index (κ1) is 9.54. The molecule has 0 spiro atoms. The van der Waals surface area contributed by atoms with E-state index in [1.54, 1.807) is 0 Å². The van der Waals surface area contributed by atoms with Crippen LogP contribution in [0.25, 0.3) is 0 Å². The lowest BCUT2D eigenvalue weighted by atomic mass is 9.50. The van der Waals surface area contributed by atoms with Crippen molar-refractivity contribution in [1.29, 1.82) is 0 Å². The molecule has 0 aromatic rings. The molecular weight excluding hydrogens is 163 g/mol. The van der Waals surface area contributed by atoms with E-state index in [2.05, 4.69) is 6.92 Å². The van der Waals surface area contributed by atoms with E-state index in [0.29, 0.717) is 5.82 Å². The Bertz CT molecular complexity index is 186. The maximum absolute atomic E-state index is 10.3. The first-order chi connectivity index (χ1) is 6.21. The normalized spacial score (nSPS) is 46.0. The SMILES string of the molecule is CC1BC2CCCCC2(O)OCC1. The molecule has 2 aliphatic rings. The van der Waals surface area contributed by atoms with E-state index < -0.39 is 5.79 Å². The monoisotopic (exact) mass is 182 g/mol. The van der Waals surface area contributed by atoms with Gasteiger partial charge in [0, 0.05) is 13.0 Å². The molecule has 1 aliphatic heterocycles. The third kappa shape index (κ3) is 1.91.